The van der Waals surface area contributed by atoms with Gasteiger partial charge in [0.2, 0.25) is 5.67 Å². The molecule has 17 heavy (non-hydrogen) atoms. The second-order valence-electron chi connectivity index (χ2n) is 4.35. The summed E-state index contributed by atoms with van der Waals surface area (Å²) in [6.45, 7) is 1.21. The third kappa shape index (κ3) is 1.44. The number of fused-ring (bicyclic) bond motifs is 1. The van der Waals surface area contributed by atoms with E-state index in [1.807, 2.05) is 0 Å². The molecular weight excluding hydrogens is 346 g/mol. The van der Waals surface area contributed by atoms with Crippen molar-refractivity contribution in [2.24, 2.45) is 5.92 Å². The fourth-order valence-corrected chi connectivity index (χ4v) is 4.35. The summed E-state index contributed by atoms with van der Waals surface area (Å²) >= 11 is 1.76. The van der Waals surface area contributed by atoms with E-state index in [9.17, 15) is 19.1 Å². The van der Waals surface area contributed by atoms with Crippen LogP contribution in [0.25, 0.3) is 0 Å². The Hall–Kier alpha value is -0.440. The monoisotopic (exact) mass is 358 g/mol. The van der Waals surface area contributed by atoms with E-state index in [4.69, 9.17) is 4.74 Å². The molecule has 7 heteroatoms. The van der Waals surface area contributed by atoms with Gasteiger partial charge in [0.1, 0.15) is 9.53 Å². The van der Waals surface area contributed by atoms with Gasteiger partial charge in [-0.15, -0.1) is 0 Å². The van der Waals surface area contributed by atoms with E-state index >= 15 is 0 Å². The number of aliphatic hydroxyl groups excluding tert-OH is 1. The van der Waals surface area contributed by atoms with E-state index in [0.29, 0.717) is 0 Å². The smallest absolute Gasteiger partial charge is 0.345 e. The van der Waals surface area contributed by atoms with Gasteiger partial charge in [0.15, 0.2) is 0 Å². The number of halogens is 2. The van der Waals surface area contributed by atoms with Crippen LogP contribution < -0.4 is 0 Å². The predicted molar refractivity (Wildman–Crippen MR) is 62.3 cm³/mol. The lowest BCUT2D eigenvalue weighted by molar-refractivity contribution is -0.155. The molecule has 0 radical (unpaired) electrons. The Morgan fingerprint density at radius 1 is 1.53 bits per heavy atom. The van der Waals surface area contributed by atoms with Crippen LogP contribution in [-0.4, -0.2) is 45.5 Å². The number of aliphatic hydroxyl groups is 1. The molecule has 2 saturated carbocycles. The van der Waals surface area contributed by atoms with E-state index in [0.717, 1.165) is 7.11 Å². The second-order valence-corrected chi connectivity index (χ2v) is 6.14. The van der Waals surface area contributed by atoms with Gasteiger partial charge in [-0.2, -0.15) is 0 Å². The van der Waals surface area contributed by atoms with Crippen LogP contribution in [0.3, 0.4) is 0 Å². The van der Waals surface area contributed by atoms with Gasteiger partial charge in [0.05, 0.1) is 19.1 Å². The highest BCUT2D eigenvalue weighted by Crippen LogP contribution is 2.72. The van der Waals surface area contributed by atoms with Crippen molar-refractivity contribution in [1.82, 2.24) is 0 Å². The van der Waals surface area contributed by atoms with E-state index in [1.165, 1.54) is 6.92 Å². The van der Waals surface area contributed by atoms with Crippen molar-refractivity contribution >= 4 is 34.5 Å². The molecule has 2 rings (SSSR count). The molecule has 96 valence electrons. The molecule has 2 aliphatic rings. The Morgan fingerprint density at radius 3 is 2.59 bits per heavy atom. The predicted octanol–water partition coefficient (Wildman–Crippen LogP) is 0.368. The third-order valence-electron chi connectivity index (χ3n) is 3.46. The fraction of sp³-hybridized carbons (Fsp3) is 0.800. The maximum absolute atomic E-state index is 14.5. The summed E-state index contributed by atoms with van der Waals surface area (Å²) in [7, 11) is 1.09. The summed E-state index contributed by atoms with van der Waals surface area (Å²) in [6.07, 6.45) is -1.65. The van der Waals surface area contributed by atoms with Gasteiger partial charge in [0.25, 0.3) is 0 Å². The van der Waals surface area contributed by atoms with Gasteiger partial charge in [-0.3, -0.25) is 4.79 Å². The summed E-state index contributed by atoms with van der Waals surface area (Å²) in [5, 5.41) is 9.72. The highest BCUT2D eigenvalue weighted by molar-refractivity contribution is 14.1. The number of carbonyl (C=O) groups is 2. The number of hydrogen-bond acceptors (Lipinski definition) is 5. The standard InChI is InChI=1S/C10H12FIO5/c1-4(13)17-6-3-5(14)7-9(11,8(15)16-2)10(6,7)12/h5-7,14H,3H2,1-2H3/t5-,6+,7-,9-,10+/m0/s1. The lowest BCUT2D eigenvalue weighted by Gasteiger charge is -2.22. The van der Waals surface area contributed by atoms with Gasteiger partial charge < -0.3 is 14.6 Å². The molecule has 2 fully saturated rings. The van der Waals surface area contributed by atoms with Crippen LogP contribution in [0.4, 0.5) is 4.39 Å². The van der Waals surface area contributed by atoms with Crippen molar-refractivity contribution < 1.29 is 28.6 Å². The quantitative estimate of drug-likeness (QED) is 0.439. The maximum atomic E-state index is 14.5. The van der Waals surface area contributed by atoms with Gasteiger partial charge in [0, 0.05) is 13.3 Å². The highest BCUT2D eigenvalue weighted by Gasteiger charge is 2.91. The van der Waals surface area contributed by atoms with E-state index in [2.05, 4.69) is 4.74 Å². The molecule has 0 heterocycles. The first-order valence-corrected chi connectivity index (χ1v) is 6.19. The molecule has 5 atom stereocenters. The summed E-state index contributed by atoms with van der Waals surface area (Å²) in [5.74, 6) is -2.45. The molecule has 1 N–H and O–H groups in total. The van der Waals surface area contributed by atoms with Crippen molar-refractivity contribution in [2.45, 2.75) is 34.6 Å². The first-order valence-electron chi connectivity index (χ1n) is 5.11. The average molecular weight is 358 g/mol. The molecule has 5 nitrogen and oxygen atoms in total. The number of ether oxygens (including phenoxy) is 2. The molecule has 2 aliphatic carbocycles. The zero-order valence-corrected chi connectivity index (χ0v) is 11.4. The normalized spacial score (nSPS) is 47.2. The minimum Gasteiger partial charge on any atom is -0.467 e. The minimum absolute atomic E-state index is 0.149. The number of alkyl halides is 2. The summed E-state index contributed by atoms with van der Waals surface area (Å²) in [4.78, 5) is 22.4. The number of hydrogen-bond donors (Lipinski definition) is 1. The minimum atomic E-state index is -2.26. The summed E-state index contributed by atoms with van der Waals surface area (Å²) < 4.78 is 22.7. The van der Waals surface area contributed by atoms with Crippen molar-refractivity contribution in [1.29, 1.82) is 0 Å². The first kappa shape index (κ1) is 13.0. The van der Waals surface area contributed by atoms with Gasteiger partial charge >= 0.3 is 11.9 Å². The SMILES string of the molecule is COC(=O)[C@@]1(F)[C@@H]2[C@@H](O)C[C@@H](OC(C)=O)[C@@]21I. The molecule has 0 aliphatic heterocycles. The van der Waals surface area contributed by atoms with Crippen LogP contribution in [0.2, 0.25) is 0 Å². The largest absolute Gasteiger partial charge is 0.467 e. The Kier molecular flexibility index (Phi) is 2.89. The van der Waals surface area contributed by atoms with E-state index < -0.39 is 39.2 Å². The zero-order valence-electron chi connectivity index (χ0n) is 9.28. The summed E-state index contributed by atoms with van der Waals surface area (Å²) in [5.41, 5.74) is -2.26. The number of rotatable bonds is 2. The van der Waals surface area contributed by atoms with Crippen LogP contribution in [0.5, 0.6) is 0 Å². The molecular formula is C10H12FIO5. The molecule has 0 aromatic carbocycles. The summed E-state index contributed by atoms with van der Waals surface area (Å²) in [6, 6.07) is 0. The van der Waals surface area contributed by atoms with Crippen LogP contribution in [0, 0.1) is 5.92 Å². The Morgan fingerprint density at radius 2 is 2.12 bits per heavy atom. The lowest BCUT2D eigenvalue weighted by Crippen LogP contribution is -2.40. The van der Waals surface area contributed by atoms with E-state index in [-0.39, 0.29) is 6.42 Å². The Labute approximate surface area is 111 Å². The fourth-order valence-electron chi connectivity index (χ4n) is 2.73. The topological polar surface area (TPSA) is 72.8 Å². The van der Waals surface area contributed by atoms with Crippen LogP contribution in [0.1, 0.15) is 13.3 Å². The highest BCUT2D eigenvalue weighted by atomic mass is 127. The zero-order chi connectivity index (χ0) is 13.0. The number of carbonyl (C=O) groups excluding carboxylic acids is 2. The molecule has 0 spiro atoms. The maximum Gasteiger partial charge on any atom is 0.345 e. The van der Waals surface area contributed by atoms with Gasteiger partial charge in [-0.1, -0.05) is 22.6 Å². The van der Waals surface area contributed by atoms with Crippen LogP contribution in [0.15, 0.2) is 0 Å². The second kappa shape index (κ2) is 3.78. The molecule has 0 aromatic rings. The van der Waals surface area contributed by atoms with Crippen LogP contribution >= 0.6 is 22.6 Å². The van der Waals surface area contributed by atoms with Gasteiger partial charge in [-0.05, 0) is 0 Å². The number of esters is 2. The molecule has 0 saturated heterocycles. The van der Waals surface area contributed by atoms with E-state index in [1.54, 1.807) is 22.6 Å². The Balaban J connectivity index is 2.28. The molecule has 0 amide bonds. The van der Waals surface area contributed by atoms with Crippen molar-refractivity contribution in [3.05, 3.63) is 0 Å². The van der Waals surface area contributed by atoms with Crippen molar-refractivity contribution in [2.75, 3.05) is 7.11 Å². The molecule has 0 unspecified atom stereocenters. The number of methoxy groups -OCH3 is 1. The average Bonchev–Trinajstić information content (AvgIpc) is 2.63. The van der Waals surface area contributed by atoms with Gasteiger partial charge in [-0.25, -0.2) is 9.18 Å². The molecule has 0 bridgehead atoms. The van der Waals surface area contributed by atoms with Crippen molar-refractivity contribution in [3.63, 3.8) is 0 Å². The first-order chi connectivity index (χ1) is 7.80. The van der Waals surface area contributed by atoms with Crippen molar-refractivity contribution in [3.8, 4) is 0 Å². The lowest BCUT2D eigenvalue weighted by atomic mass is 10.1. The third-order valence-corrected chi connectivity index (χ3v) is 5.61. The Bertz CT molecular complexity index is 389. The molecule has 0 aromatic heterocycles. The van der Waals surface area contributed by atoms with Crippen LogP contribution in [-0.2, 0) is 19.1 Å².